The lowest BCUT2D eigenvalue weighted by atomic mass is 10.0. The summed E-state index contributed by atoms with van der Waals surface area (Å²) in [6, 6.07) is 17.5. The number of aromatic amines is 1. The molecule has 5 heteroatoms. The average Bonchev–Trinajstić information content (AvgIpc) is 2.68. The quantitative estimate of drug-likeness (QED) is 0.757. The molecule has 0 unspecified atom stereocenters. The maximum Gasteiger partial charge on any atom is 0.256 e. The second-order valence-electron chi connectivity index (χ2n) is 6.17. The van der Waals surface area contributed by atoms with Crippen LogP contribution in [-0.4, -0.2) is 31.2 Å². The number of piperazine rings is 1. The summed E-state index contributed by atoms with van der Waals surface area (Å²) in [4.78, 5) is 17.6. The van der Waals surface area contributed by atoms with E-state index in [-0.39, 0.29) is 5.56 Å². The van der Waals surface area contributed by atoms with Crippen LogP contribution in [0.5, 0.6) is 0 Å². The average molecular weight is 330 g/mol. The maximum absolute atomic E-state index is 12.4. The molecule has 4 rings (SSSR count). The van der Waals surface area contributed by atoms with Gasteiger partial charge < -0.3 is 15.2 Å². The zero-order valence-electron chi connectivity index (χ0n) is 13.7. The zero-order valence-corrected chi connectivity index (χ0v) is 13.7. The molecule has 0 aliphatic carbocycles. The van der Waals surface area contributed by atoms with Crippen molar-refractivity contribution in [2.45, 2.75) is 0 Å². The predicted octanol–water partition coefficient (Wildman–Crippen LogP) is 2.48. The molecule has 3 aromatic rings. The van der Waals surface area contributed by atoms with Crippen LogP contribution in [0.2, 0.25) is 0 Å². The van der Waals surface area contributed by atoms with E-state index in [0.29, 0.717) is 16.3 Å². The van der Waals surface area contributed by atoms with Crippen LogP contribution in [0.4, 0.5) is 5.69 Å². The van der Waals surface area contributed by atoms with Crippen molar-refractivity contribution in [2.24, 2.45) is 0 Å². The Morgan fingerprint density at radius 2 is 1.76 bits per heavy atom. The summed E-state index contributed by atoms with van der Waals surface area (Å²) in [7, 11) is 0. The molecule has 25 heavy (non-hydrogen) atoms. The molecule has 2 aromatic carbocycles. The normalized spacial score (nSPS) is 14.4. The molecule has 1 aromatic heterocycles. The van der Waals surface area contributed by atoms with Crippen LogP contribution in [0, 0.1) is 11.3 Å². The number of pyridine rings is 1. The Labute approximate surface area is 145 Å². The fraction of sp³-hybridized carbons (Fsp3) is 0.200. The molecule has 124 valence electrons. The third-order valence-electron chi connectivity index (χ3n) is 4.67. The molecule has 1 aliphatic heterocycles. The van der Waals surface area contributed by atoms with Crippen molar-refractivity contribution >= 4 is 16.5 Å². The van der Waals surface area contributed by atoms with E-state index in [4.69, 9.17) is 0 Å². The minimum atomic E-state index is -0.171. The van der Waals surface area contributed by atoms with Crippen LogP contribution in [0.15, 0.2) is 53.3 Å². The van der Waals surface area contributed by atoms with Gasteiger partial charge in [-0.15, -0.1) is 0 Å². The van der Waals surface area contributed by atoms with Crippen molar-refractivity contribution < 1.29 is 0 Å². The maximum atomic E-state index is 12.4. The van der Waals surface area contributed by atoms with Gasteiger partial charge in [-0.2, -0.15) is 5.26 Å². The summed E-state index contributed by atoms with van der Waals surface area (Å²) in [6.45, 7) is 3.99. The van der Waals surface area contributed by atoms with Gasteiger partial charge in [0.05, 0.1) is 11.6 Å². The molecule has 1 aliphatic rings. The Morgan fingerprint density at radius 3 is 2.48 bits per heavy atom. The van der Waals surface area contributed by atoms with Gasteiger partial charge in [0.2, 0.25) is 0 Å². The molecular weight excluding hydrogens is 312 g/mol. The number of rotatable bonds is 2. The van der Waals surface area contributed by atoms with Gasteiger partial charge in [0.1, 0.15) is 0 Å². The van der Waals surface area contributed by atoms with E-state index in [1.165, 1.54) is 5.69 Å². The smallest absolute Gasteiger partial charge is 0.256 e. The molecule has 0 spiro atoms. The number of benzene rings is 2. The van der Waals surface area contributed by atoms with Gasteiger partial charge in [0.15, 0.2) is 0 Å². The SMILES string of the molecule is N#Cc1cccc2c(=O)[nH]c(-c3ccc(N4CCNCC4)cc3)cc12. The number of nitriles is 1. The lowest BCUT2D eigenvalue weighted by molar-refractivity contribution is 0.589. The Balaban J connectivity index is 1.74. The summed E-state index contributed by atoms with van der Waals surface area (Å²) >= 11 is 0. The largest absolute Gasteiger partial charge is 0.369 e. The third kappa shape index (κ3) is 2.88. The molecule has 0 amide bonds. The molecule has 0 atom stereocenters. The Morgan fingerprint density at radius 1 is 1.00 bits per heavy atom. The van der Waals surface area contributed by atoms with Crippen molar-refractivity contribution in [1.29, 1.82) is 5.26 Å². The van der Waals surface area contributed by atoms with Crippen LogP contribution < -0.4 is 15.8 Å². The van der Waals surface area contributed by atoms with Gasteiger partial charge in [-0.3, -0.25) is 4.79 Å². The Hall–Kier alpha value is -3.10. The number of H-pyrrole nitrogens is 1. The van der Waals surface area contributed by atoms with Gasteiger partial charge in [0, 0.05) is 48.3 Å². The van der Waals surface area contributed by atoms with Crippen molar-refractivity contribution in [3.8, 4) is 17.3 Å². The minimum absolute atomic E-state index is 0.171. The lowest BCUT2D eigenvalue weighted by Crippen LogP contribution is -2.43. The second kappa shape index (κ2) is 6.42. The van der Waals surface area contributed by atoms with Crippen LogP contribution in [-0.2, 0) is 0 Å². The first kappa shape index (κ1) is 15.4. The first-order valence-electron chi connectivity index (χ1n) is 8.38. The fourth-order valence-electron chi connectivity index (χ4n) is 3.32. The topological polar surface area (TPSA) is 71.9 Å². The van der Waals surface area contributed by atoms with Gasteiger partial charge in [-0.25, -0.2) is 0 Å². The predicted molar refractivity (Wildman–Crippen MR) is 99.8 cm³/mol. The molecule has 1 fully saturated rings. The monoisotopic (exact) mass is 330 g/mol. The van der Waals surface area contributed by atoms with Gasteiger partial charge in [-0.05, 0) is 35.9 Å². The van der Waals surface area contributed by atoms with Crippen molar-refractivity contribution in [1.82, 2.24) is 10.3 Å². The molecular formula is C20H18N4O. The Bertz CT molecular complexity index is 1010. The summed E-state index contributed by atoms with van der Waals surface area (Å²) in [5.41, 5.74) is 3.20. The number of fused-ring (bicyclic) bond motifs is 1. The van der Waals surface area contributed by atoms with E-state index in [0.717, 1.165) is 37.4 Å². The molecule has 2 heterocycles. The van der Waals surface area contributed by atoms with Gasteiger partial charge in [-0.1, -0.05) is 18.2 Å². The summed E-state index contributed by atoms with van der Waals surface area (Å²) in [5.74, 6) is 0. The first-order valence-corrected chi connectivity index (χ1v) is 8.38. The van der Waals surface area contributed by atoms with Gasteiger partial charge in [0.25, 0.3) is 5.56 Å². The number of aromatic nitrogens is 1. The van der Waals surface area contributed by atoms with Gasteiger partial charge >= 0.3 is 0 Å². The number of hydrogen-bond acceptors (Lipinski definition) is 4. The molecule has 0 radical (unpaired) electrons. The third-order valence-corrected chi connectivity index (χ3v) is 4.67. The highest BCUT2D eigenvalue weighted by Crippen LogP contribution is 2.24. The van der Waals surface area contributed by atoms with Crippen LogP contribution in [0.1, 0.15) is 5.56 Å². The first-order chi connectivity index (χ1) is 12.3. The van der Waals surface area contributed by atoms with Crippen LogP contribution >= 0.6 is 0 Å². The highest BCUT2D eigenvalue weighted by atomic mass is 16.1. The number of nitrogens with zero attached hydrogens (tertiary/aromatic N) is 2. The van der Waals surface area contributed by atoms with E-state index in [1.54, 1.807) is 18.2 Å². The summed E-state index contributed by atoms with van der Waals surface area (Å²) in [6.07, 6.45) is 0. The molecule has 0 saturated carbocycles. The molecule has 0 bridgehead atoms. The van der Waals surface area contributed by atoms with E-state index in [1.807, 2.05) is 18.2 Å². The van der Waals surface area contributed by atoms with E-state index < -0.39 is 0 Å². The van der Waals surface area contributed by atoms with Crippen molar-refractivity contribution in [3.05, 3.63) is 64.4 Å². The van der Waals surface area contributed by atoms with Crippen molar-refractivity contribution in [2.75, 3.05) is 31.1 Å². The highest BCUT2D eigenvalue weighted by Gasteiger charge is 2.11. The fourth-order valence-corrected chi connectivity index (χ4v) is 3.32. The van der Waals surface area contributed by atoms with E-state index in [2.05, 4.69) is 33.4 Å². The van der Waals surface area contributed by atoms with Crippen molar-refractivity contribution in [3.63, 3.8) is 0 Å². The van der Waals surface area contributed by atoms with E-state index in [9.17, 15) is 10.1 Å². The van der Waals surface area contributed by atoms with Crippen LogP contribution in [0.3, 0.4) is 0 Å². The standard InChI is InChI=1S/C20H18N4O/c21-13-15-2-1-3-17-18(15)12-19(23-20(17)25)14-4-6-16(7-5-14)24-10-8-22-9-11-24/h1-7,12,22H,8-11H2,(H,23,25). The highest BCUT2D eigenvalue weighted by molar-refractivity contribution is 5.89. The summed E-state index contributed by atoms with van der Waals surface area (Å²) < 4.78 is 0. The molecule has 5 nitrogen and oxygen atoms in total. The number of anilines is 1. The van der Waals surface area contributed by atoms with E-state index >= 15 is 0 Å². The number of nitrogens with one attached hydrogen (secondary N) is 2. The minimum Gasteiger partial charge on any atom is -0.369 e. The summed E-state index contributed by atoms with van der Waals surface area (Å²) in [5, 5.41) is 13.9. The molecule has 1 saturated heterocycles. The molecule has 2 N–H and O–H groups in total. The second-order valence-corrected chi connectivity index (χ2v) is 6.17. The van der Waals surface area contributed by atoms with Crippen LogP contribution in [0.25, 0.3) is 22.0 Å². The Kier molecular flexibility index (Phi) is 3.96. The zero-order chi connectivity index (χ0) is 17.2. The lowest BCUT2D eigenvalue weighted by Gasteiger charge is -2.29. The number of hydrogen-bond donors (Lipinski definition) is 2.